The number of hydrogen-bond donors (Lipinski definition) is 0. The van der Waals surface area contributed by atoms with Crippen LogP contribution in [0.2, 0.25) is 0 Å². The normalized spacial score (nSPS) is 10.2. The van der Waals surface area contributed by atoms with Crippen LogP contribution in [0, 0.1) is 0 Å². The van der Waals surface area contributed by atoms with Gasteiger partial charge in [-0.3, -0.25) is 23.5 Å². The molecule has 0 aliphatic carbocycles. The maximum atomic E-state index is 7.75. The predicted octanol–water partition coefficient (Wildman–Crippen LogP) is 7.15. The molecule has 0 aliphatic heterocycles. The van der Waals surface area contributed by atoms with Crippen molar-refractivity contribution >= 4 is 29.4 Å². The zero-order valence-corrected chi connectivity index (χ0v) is 31.3. The quantitative estimate of drug-likeness (QED) is 0.0673. The monoisotopic (exact) mass is 767 g/mol. The Morgan fingerprint density at radius 3 is 1.15 bits per heavy atom. The zero-order chi connectivity index (χ0) is 29.3. The van der Waals surface area contributed by atoms with Gasteiger partial charge in [0.25, 0.3) is 0 Å². The van der Waals surface area contributed by atoms with Crippen molar-refractivity contribution in [3.05, 3.63) is 70.8 Å². The molecule has 0 atom stereocenters. The molecule has 0 spiro atoms. The molecule has 229 valence electrons. The molecule has 2 heterocycles. The van der Waals surface area contributed by atoms with Gasteiger partial charge in [-0.1, -0.05) is 12.1 Å². The molecule has 0 bridgehead atoms. The third-order valence-electron chi connectivity index (χ3n) is 6.08. The van der Waals surface area contributed by atoms with E-state index in [1.807, 2.05) is 48.8 Å². The minimum atomic E-state index is -0.247. The summed E-state index contributed by atoms with van der Waals surface area (Å²) in [5.41, 5.74) is 5.57. The van der Waals surface area contributed by atoms with Gasteiger partial charge in [0, 0.05) is 51.9 Å². The summed E-state index contributed by atoms with van der Waals surface area (Å²) in [5, 5.41) is 9.22. The Hall–Kier alpha value is -0.333. The standard InChI is InChI=1S/2C14H24N2P.2CHO.2Ru.H/c2*1-12(2)17(13(3)4)10-9-15-11-14-7-5-6-8-16-14;2*1-2;;;/h2*5-8,12-13H,9-11H2,1-4H3;2*1H;;;/q4*-1;+1;+3;/p+2. The third-order valence-corrected chi connectivity index (χ3v) is 13.6. The first-order valence-corrected chi connectivity index (χ1v) is 17.2. The van der Waals surface area contributed by atoms with E-state index in [9.17, 15) is 0 Å². The van der Waals surface area contributed by atoms with Crippen LogP contribution < -0.4 is 0 Å². The van der Waals surface area contributed by atoms with Crippen LogP contribution in [-0.2, 0) is 61.6 Å². The average Bonchev–Trinajstić information content (AvgIpc) is 2.91. The average molecular weight is 766 g/mol. The Kier molecular flexibility index (Phi) is 36.8. The van der Waals surface area contributed by atoms with Crippen molar-refractivity contribution in [2.45, 2.75) is 91.1 Å². The summed E-state index contributed by atoms with van der Waals surface area (Å²) in [4.78, 5) is 24.1. The van der Waals surface area contributed by atoms with E-state index >= 15 is 0 Å². The second-order valence-electron chi connectivity index (χ2n) is 10.1. The van der Waals surface area contributed by atoms with Gasteiger partial charge < -0.3 is 20.2 Å². The minimum absolute atomic E-state index is 0. The van der Waals surface area contributed by atoms with Gasteiger partial charge in [0.2, 0.25) is 0 Å². The molecule has 0 saturated carbocycles. The topological polar surface area (TPSA) is 88.1 Å². The fourth-order valence-corrected chi connectivity index (χ4v) is 10.1. The fraction of sp³-hybridized carbons (Fsp3) is 0.600. The Labute approximate surface area is 273 Å². The second kappa shape index (κ2) is 31.6. The summed E-state index contributed by atoms with van der Waals surface area (Å²) in [6, 6.07) is 12.0. The van der Waals surface area contributed by atoms with E-state index in [0.717, 1.165) is 60.2 Å². The summed E-state index contributed by atoms with van der Waals surface area (Å²) >= 11 is 0. The molecular formula is C30H53N4O2P2Ru2+2. The molecule has 2 aromatic heterocycles. The van der Waals surface area contributed by atoms with E-state index in [2.05, 4.69) is 89.6 Å². The van der Waals surface area contributed by atoms with E-state index in [4.69, 9.17) is 9.59 Å². The van der Waals surface area contributed by atoms with Gasteiger partial charge in [-0.2, -0.15) is 0 Å². The molecular weight excluding hydrogens is 712 g/mol. The van der Waals surface area contributed by atoms with Gasteiger partial charge >= 0.3 is 39.0 Å². The molecule has 6 nitrogen and oxygen atoms in total. The molecule has 10 heteroatoms. The van der Waals surface area contributed by atoms with E-state index in [1.54, 1.807) is 0 Å². The number of pyridine rings is 2. The van der Waals surface area contributed by atoms with E-state index < -0.39 is 0 Å². The van der Waals surface area contributed by atoms with Crippen LogP contribution in [0.1, 0.15) is 66.8 Å². The van der Waals surface area contributed by atoms with Gasteiger partial charge in [-0.05, 0) is 79.7 Å². The summed E-state index contributed by atoms with van der Waals surface area (Å²) in [6.45, 7) is 28.9. The Balaban J connectivity index is -0.000000276. The predicted molar refractivity (Wildman–Crippen MR) is 174 cm³/mol. The summed E-state index contributed by atoms with van der Waals surface area (Å²) in [5.74, 6) is 0. The number of carbonyl (C=O) groups excluding carboxylic acids is 2. The molecule has 0 amide bonds. The zero-order valence-electron chi connectivity index (χ0n) is 25.7. The van der Waals surface area contributed by atoms with Crippen molar-refractivity contribution < 1.29 is 48.5 Å². The van der Waals surface area contributed by atoms with Gasteiger partial charge in [-0.15, -0.1) is 26.2 Å². The summed E-state index contributed by atoms with van der Waals surface area (Å²) in [7, 11) is -0.493. The summed E-state index contributed by atoms with van der Waals surface area (Å²) in [6.07, 6.45) is 6.27. The molecule has 40 heavy (non-hydrogen) atoms. The van der Waals surface area contributed by atoms with Gasteiger partial charge in [0.05, 0.1) is 22.6 Å². The number of rotatable bonds is 14. The SMILES string of the molecule is CC(C)[PH+](CC[N-]Cc1ccccn1)C(C)C.CC(C)[PH+](CC[N-]Cc1ccccn1)C(C)C.[CH-]=O.[CH-]=O.[Ru+3].[RuH+]. The molecule has 2 aromatic rings. The molecule has 2 radical (unpaired) electrons. The van der Waals surface area contributed by atoms with Crippen LogP contribution >= 0.6 is 15.8 Å². The van der Waals surface area contributed by atoms with E-state index in [0.29, 0.717) is 0 Å². The first kappa shape index (κ1) is 46.6. The van der Waals surface area contributed by atoms with Crippen molar-refractivity contribution in [2.24, 2.45) is 0 Å². The van der Waals surface area contributed by atoms with Crippen molar-refractivity contribution in [2.75, 3.05) is 25.4 Å². The fourth-order valence-electron chi connectivity index (χ4n) is 4.27. The molecule has 2 rings (SSSR count). The van der Waals surface area contributed by atoms with Crippen molar-refractivity contribution in [1.29, 1.82) is 0 Å². The van der Waals surface area contributed by atoms with Gasteiger partial charge in [0.15, 0.2) is 0 Å². The molecule has 0 N–H and O–H groups in total. The third kappa shape index (κ3) is 24.3. The number of nitrogens with zero attached hydrogens (tertiary/aromatic N) is 4. The van der Waals surface area contributed by atoms with Crippen LogP contribution in [0.25, 0.3) is 10.6 Å². The number of hydrogen-bond acceptors (Lipinski definition) is 4. The Morgan fingerprint density at radius 2 is 0.925 bits per heavy atom. The van der Waals surface area contributed by atoms with Crippen LogP contribution in [-0.4, -0.2) is 71.6 Å². The first-order chi connectivity index (χ1) is 18.2. The molecule has 0 unspecified atom stereocenters. The van der Waals surface area contributed by atoms with Crippen LogP contribution in [0.5, 0.6) is 0 Å². The van der Waals surface area contributed by atoms with Gasteiger partial charge in [0.1, 0.15) is 0 Å². The second-order valence-corrected chi connectivity index (χ2v) is 18.0. The van der Waals surface area contributed by atoms with Gasteiger partial charge in [-0.25, -0.2) is 0 Å². The van der Waals surface area contributed by atoms with Crippen LogP contribution in [0.4, 0.5) is 0 Å². The molecule has 0 aromatic carbocycles. The van der Waals surface area contributed by atoms with Crippen molar-refractivity contribution in [3.63, 3.8) is 0 Å². The molecule has 0 fully saturated rings. The van der Waals surface area contributed by atoms with Crippen molar-refractivity contribution in [3.8, 4) is 0 Å². The summed E-state index contributed by atoms with van der Waals surface area (Å²) < 4.78 is 0. The van der Waals surface area contributed by atoms with E-state index in [1.165, 1.54) is 12.3 Å². The van der Waals surface area contributed by atoms with E-state index in [-0.39, 0.29) is 54.8 Å². The van der Waals surface area contributed by atoms with Crippen LogP contribution in [0.15, 0.2) is 48.8 Å². The maximum absolute atomic E-state index is 7.75. The Bertz CT molecular complexity index is 695. The first-order valence-electron chi connectivity index (χ1n) is 13.5. The Morgan fingerprint density at radius 1 is 0.625 bits per heavy atom. The van der Waals surface area contributed by atoms with Crippen molar-refractivity contribution in [1.82, 2.24) is 9.97 Å². The number of aromatic nitrogens is 2. The molecule has 0 aliphatic rings. The van der Waals surface area contributed by atoms with Crippen LogP contribution in [0.3, 0.4) is 0 Å². The molecule has 0 saturated heterocycles.